The first kappa shape index (κ1) is 15.8. The fourth-order valence-corrected chi connectivity index (χ4v) is 2.24. The molecule has 0 saturated carbocycles. The van der Waals surface area contributed by atoms with Gasteiger partial charge in [-0.25, -0.2) is 4.98 Å². The molecule has 0 aliphatic carbocycles. The molecule has 0 amide bonds. The van der Waals surface area contributed by atoms with Crippen molar-refractivity contribution >= 4 is 5.82 Å². The summed E-state index contributed by atoms with van der Waals surface area (Å²) in [6.07, 6.45) is 0.633. The molecule has 1 aromatic heterocycles. The molecule has 0 aliphatic rings. The van der Waals surface area contributed by atoms with Gasteiger partial charge >= 0.3 is 0 Å². The first-order valence-electron chi connectivity index (χ1n) is 7.13. The highest BCUT2D eigenvalue weighted by molar-refractivity contribution is 5.44. The van der Waals surface area contributed by atoms with Crippen molar-refractivity contribution in [2.45, 2.75) is 13.0 Å². The van der Waals surface area contributed by atoms with E-state index in [9.17, 15) is 0 Å². The van der Waals surface area contributed by atoms with Gasteiger partial charge in [-0.2, -0.15) is 5.26 Å². The molecule has 0 spiro atoms. The molecule has 0 bridgehead atoms. The first-order valence-corrected chi connectivity index (χ1v) is 7.13. The Morgan fingerprint density at radius 1 is 1.23 bits per heavy atom. The minimum atomic E-state index is 0.111. The van der Waals surface area contributed by atoms with Gasteiger partial charge in [-0.15, -0.1) is 0 Å². The minimum Gasteiger partial charge on any atom is -0.496 e. The molecular weight excluding hydrogens is 278 g/mol. The van der Waals surface area contributed by atoms with Crippen molar-refractivity contribution in [3.8, 4) is 11.8 Å². The van der Waals surface area contributed by atoms with Crippen molar-refractivity contribution in [1.82, 2.24) is 4.98 Å². The van der Waals surface area contributed by atoms with Crippen LogP contribution in [-0.2, 0) is 6.54 Å². The molecule has 0 atom stereocenters. The number of hydrogen-bond acceptors (Lipinski definition) is 5. The lowest BCUT2D eigenvalue weighted by Crippen LogP contribution is -2.26. The highest BCUT2D eigenvalue weighted by Crippen LogP contribution is 2.22. The van der Waals surface area contributed by atoms with E-state index >= 15 is 0 Å². The van der Waals surface area contributed by atoms with E-state index in [4.69, 9.17) is 15.1 Å². The van der Waals surface area contributed by atoms with Gasteiger partial charge in [-0.3, -0.25) is 0 Å². The third-order valence-corrected chi connectivity index (χ3v) is 3.31. The molecule has 2 aromatic rings. The Morgan fingerprint density at radius 3 is 2.77 bits per heavy atom. The fraction of sp³-hybridized carbons (Fsp3) is 0.294. The van der Waals surface area contributed by atoms with E-state index in [1.165, 1.54) is 0 Å². The van der Waals surface area contributed by atoms with Crippen LogP contribution >= 0.6 is 0 Å². The predicted octanol–water partition coefficient (Wildman–Crippen LogP) is 2.35. The van der Waals surface area contributed by atoms with Crippen molar-refractivity contribution in [2.24, 2.45) is 0 Å². The Labute approximate surface area is 130 Å². The van der Waals surface area contributed by atoms with Gasteiger partial charge in [0.05, 0.1) is 7.11 Å². The lowest BCUT2D eigenvalue weighted by molar-refractivity contribution is 0.289. The molecule has 1 N–H and O–H groups in total. The Morgan fingerprint density at radius 2 is 2.05 bits per heavy atom. The van der Waals surface area contributed by atoms with Crippen molar-refractivity contribution < 1.29 is 9.84 Å². The first-order chi connectivity index (χ1) is 10.8. The number of aliphatic hydroxyl groups excluding tert-OH is 1. The van der Waals surface area contributed by atoms with Crippen LogP contribution in [0.3, 0.4) is 0 Å². The zero-order chi connectivity index (χ0) is 15.8. The van der Waals surface area contributed by atoms with E-state index in [0.717, 1.165) is 17.1 Å². The van der Waals surface area contributed by atoms with Crippen molar-refractivity contribution in [1.29, 1.82) is 5.26 Å². The lowest BCUT2D eigenvalue weighted by atomic mass is 10.2. The molecule has 1 heterocycles. The van der Waals surface area contributed by atoms with Crippen LogP contribution in [0.25, 0.3) is 0 Å². The van der Waals surface area contributed by atoms with Gasteiger partial charge in [0.25, 0.3) is 0 Å². The number of rotatable bonds is 7. The smallest absolute Gasteiger partial charge is 0.142 e. The second-order valence-corrected chi connectivity index (χ2v) is 4.80. The molecule has 2 rings (SSSR count). The number of benzene rings is 1. The Balaban J connectivity index is 2.27. The zero-order valence-electron chi connectivity index (χ0n) is 12.6. The van der Waals surface area contributed by atoms with Crippen molar-refractivity contribution in [3.63, 3.8) is 0 Å². The Kier molecular flexibility index (Phi) is 5.75. The number of hydrogen-bond donors (Lipinski definition) is 1. The summed E-state index contributed by atoms with van der Waals surface area (Å²) in [7, 11) is 1.64. The number of anilines is 1. The summed E-state index contributed by atoms with van der Waals surface area (Å²) in [4.78, 5) is 6.38. The molecule has 22 heavy (non-hydrogen) atoms. The molecule has 0 aliphatic heterocycles. The normalized spacial score (nSPS) is 10.0. The molecule has 0 saturated heterocycles. The molecule has 0 radical (unpaired) electrons. The van der Waals surface area contributed by atoms with Gasteiger partial charge in [-0.05, 0) is 24.6 Å². The fourth-order valence-electron chi connectivity index (χ4n) is 2.24. The van der Waals surface area contributed by atoms with Crippen molar-refractivity contribution in [2.75, 3.05) is 25.2 Å². The molecule has 0 fully saturated rings. The van der Waals surface area contributed by atoms with Crippen LogP contribution in [0.15, 0.2) is 42.5 Å². The predicted molar refractivity (Wildman–Crippen MR) is 84.7 cm³/mol. The monoisotopic (exact) mass is 297 g/mol. The van der Waals surface area contributed by atoms with E-state index in [0.29, 0.717) is 25.2 Å². The maximum absolute atomic E-state index is 9.11. The molecule has 0 unspecified atom stereocenters. The highest BCUT2D eigenvalue weighted by atomic mass is 16.5. The average molecular weight is 297 g/mol. The number of aliphatic hydroxyl groups is 1. The number of para-hydroxylation sites is 1. The largest absolute Gasteiger partial charge is 0.496 e. The number of nitrogens with zero attached hydrogens (tertiary/aromatic N) is 3. The quantitative estimate of drug-likeness (QED) is 0.849. The minimum absolute atomic E-state index is 0.111. The second kappa shape index (κ2) is 8.01. The summed E-state index contributed by atoms with van der Waals surface area (Å²) in [5, 5.41) is 18.1. The molecular formula is C17H19N3O2. The van der Waals surface area contributed by atoms with E-state index in [-0.39, 0.29) is 6.61 Å². The summed E-state index contributed by atoms with van der Waals surface area (Å²) < 4.78 is 5.38. The summed E-state index contributed by atoms with van der Waals surface area (Å²) in [5.74, 6) is 1.53. The van der Waals surface area contributed by atoms with Gasteiger partial charge in [0.15, 0.2) is 0 Å². The Hall–Kier alpha value is -2.58. The van der Waals surface area contributed by atoms with Crippen molar-refractivity contribution in [3.05, 3.63) is 53.7 Å². The standard InChI is InChI=1S/C17H19N3O2/c1-22-16-8-3-2-6-14(16)13-20(10-5-11-21)17-9-4-7-15(12-18)19-17/h2-4,6-9,21H,5,10-11,13H2,1H3. The topological polar surface area (TPSA) is 69.4 Å². The third-order valence-electron chi connectivity index (χ3n) is 3.31. The summed E-state index contributed by atoms with van der Waals surface area (Å²) in [5.41, 5.74) is 1.42. The molecule has 5 nitrogen and oxygen atoms in total. The van der Waals surface area contributed by atoms with Crippen LogP contribution in [0.4, 0.5) is 5.82 Å². The summed E-state index contributed by atoms with van der Waals surface area (Å²) in [6.45, 7) is 1.36. The number of ether oxygens (including phenoxy) is 1. The van der Waals surface area contributed by atoms with E-state index in [1.807, 2.05) is 41.3 Å². The molecule has 5 heteroatoms. The maximum atomic E-state index is 9.11. The van der Waals surface area contributed by atoms with Gasteiger partial charge in [0, 0.05) is 25.3 Å². The number of methoxy groups -OCH3 is 1. The number of nitriles is 1. The molecule has 114 valence electrons. The lowest BCUT2D eigenvalue weighted by Gasteiger charge is -2.24. The van der Waals surface area contributed by atoms with Gasteiger partial charge < -0.3 is 14.7 Å². The number of pyridine rings is 1. The van der Waals surface area contributed by atoms with Crippen LogP contribution in [0.1, 0.15) is 17.7 Å². The Bertz CT molecular complexity index is 652. The van der Waals surface area contributed by atoms with E-state index < -0.39 is 0 Å². The maximum Gasteiger partial charge on any atom is 0.142 e. The van der Waals surface area contributed by atoms with Crippen LogP contribution < -0.4 is 9.64 Å². The van der Waals surface area contributed by atoms with E-state index in [2.05, 4.69) is 11.1 Å². The van der Waals surface area contributed by atoms with Crippen LogP contribution in [0, 0.1) is 11.3 Å². The van der Waals surface area contributed by atoms with Crippen LogP contribution in [0.2, 0.25) is 0 Å². The SMILES string of the molecule is COc1ccccc1CN(CCCO)c1cccc(C#N)n1. The average Bonchev–Trinajstić information content (AvgIpc) is 2.59. The summed E-state index contributed by atoms with van der Waals surface area (Å²) >= 11 is 0. The second-order valence-electron chi connectivity index (χ2n) is 4.80. The third kappa shape index (κ3) is 3.96. The van der Waals surface area contributed by atoms with Gasteiger partial charge in [0.1, 0.15) is 23.3 Å². The highest BCUT2D eigenvalue weighted by Gasteiger charge is 2.12. The zero-order valence-corrected chi connectivity index (χ0v) is 12.6. The summed E-state index contributed by atoms with van der Waals surface area (Å²) in [6, 6.07) is 15.2. The van der Waals surface area contributed by atoms with E-state index in [1.54, 1.807) is 13.2 Å². The van der Waals surface area contributed by atoms with Gasteiger partial charge in [-0.1, -0.05) is 24.3 Å². The van der Waals surface area contributed by atoms with Gasteiger partial charge in [0.2, 0.25) is 0 Å². The van der Waals surface area contributed by atoms with Crippen LogP contribution in [-0.4, -0.2) is 30.4 Å². The molecule has 1 aromatic carbocycles. The van der Waals surface area contributed by atoms with Crippen LogP contribution in [0.5, 0.6) is 5.75 Å². The number of aromatic nitrogens is 1.